The summed E-state index contributed by atoms with van der Waals surface area (Å²) >= 11 is 0. The molecular formula is C19H18N2O3. The van der Waals surface area contributed by atoms with Crippen LogP contribution in [0.4, 0.5) is 0 Å². The Kier molecular flexibility index (Phi) is 3.69. The molecule has 0 bridgehead atoms. The normalized spacial score (nSPS) is 13.4. The van der Waals surface area contributed by atoms with Crippen LogP contribution in [0.2, 0.25) is 0 Å². The quantitative estimate of drug-likeness (QED) is 0.746. The molecular weight excluding hydrogens is 304 g/mol. The van der Waals surface area contributed by atoms with Crippen LogP contribution >= 0.6 is 0 Å². The first-order valence-corrected chi connectivity index (χ1v) is 8.19. The molecule has 0 atom stereocenters. The van der Waals surface area contributed by atoms with Gasteiger partial charge in [0, 0.05) is 11.1 Å². The maximum Gasteiger partial charge on any atom is 0.338 e. The maximum absolute atomic E-state index is 12.3. The highest BCUT2D eigenvalue weighted by Gasteiger charge is 2.25. The Morgan fingerprint density at radius 1 is 1.33 bits per heavy atom. The number of rotatable bonds is 3. The molecule has 1 aromatic heterocycles. The number of hydrogen-bond donors (Lipinski definition) is 1. The van der Waals surface area contributed by atoms with Crippen molar-refractivity contribution in [2.24, 2.45) is 0 Å². The molecule has 4 rings (SSSR count). The SMILES string of the molecule is CCOC(=O)c1cc2[nH]c(-c3ccccc3)nc2c2c1CCCO2. The van der Waals surface area contributed by atoms with Crippen molar-refractivity contribution in [3.05, 3.63) is 47.5 Å². The second-order valence-corrected chi connectivity index (χ2v) is 5.75. The Hall–Kier alpha value is -2.82. The van der Waals surface area contributed by atoms with Gasteiger partial charge in [-0.3, -0.25) is 0 Å². The first-order chi connectivity index (χ1) is 11.8. The van der Waals surface area contributed by atoms with Gasteiger partial charge in [-0.2, -0.15) is 0 Å². The third kappa shape index (κ3) is 2.42. The third-order valence-corrected chi connectivity index (χ3v) is 4.19. The molecule has 0 saturated heterocycles. The van der Waals surface area contributed by atoms with Gasteiger partial charge in [0.15, 0.2) is 5.75 Å². The number of aromatic amines is 1. The highest BCUT2D eigenvalue weighted by molar-refractivity contribution is 5.99. The number of benzene rings is 2. The Labute approximate surface area is 139 Å². The number of imidazole rings is 1. The summed E-state index contributed by atoms with van der Waals surface area (Å²) in [7, 11) is 0. The number of hydrogen-bond acceptors (Lipinski definition) is 4. The summed E-state index contributed by atoms with van der Waals surface area (Å²) in [5.41, 5.74) is 4.03. The minimum absolute atomic E-state index is 0.308. The van der Waals surface area contributed by atoms with Crippen LogP contribution in [0.15, 0.2) is 36.4 Å². The van der Waals surface area contributed by atoms with E-state index >= 15 is 0 Å². The van der Waals surface area contributed by atoms with E-state index in [2.05, 4.69) is 4.98 Å². The van der Waals surface area contributed by atoms with Crippen LogP contribution in [0.25, 0.3) is 22.4 Å². The summed E-state index contributed by atoms with van der Waals surface area (Å²) in [6.07, 6.45) is 1.69. The van der Waals surface area contributed by atoms with Crippen molar-refractivity contribution in [2.75, 3.05) is 13.2 Å². The molecule has 1 aliphatic rings. The van der Waals surface area contributed by atoms with Crippen molar-refractivity contribution in [1.82, 2.24) is 9.97 Å². The van der Waals surface area contributed by atoms with E-state index in [1.54, 1.807) is 0 Å². The summed E-state index contributed by atoms with van der Waals surface area (Å²) in [6.45, 7) is 2.80. The van der Waals surface area contributed by atoms with Crippen molar-refractivity contribution < 1.29 is 14.3 Å². The zero-order chi connectivity index (χ0) is 16.5. The lowest BCUT2D eigenvalue weighted by molar-refractivity contribution is 0.0524. The standard InChI is InChI=1S/C19H18N2O3/c1-2-23-19(22)14-11-15-16(17-13(14)9-6-10-24-17)21-18(20-15)12-7-4-3-5-8-12/h3-5,7-8,11H,2,6,9-10H2,1H3,(H,20,21). The number of aromatic nitrogens is 2. The Balaban J connectivity index is 1.91. The van der Waals surface area contributed by atoms with Crippen molar-refractivity contribution in [1.29, 1.82) is 0 Å². The van der Waals surface area contributed by atoms with Gasteiger partial charge in [0.1, 0.15) is 11.3 Å². The van der Waals surface area contributed by atoms with Crippen molar-refractivity contribution in [3.8, 4) is 17.1 Å². The summed E-state index contributed by atoms with van der Waals surface area (Å²) in [6, 6.07) is 11.7. The average Bonchev–Trinajstić information content (AvgIpc) is 3.06. The van der Waals surface area contributed by atoms with E-state index in [9.17, 15) is 4.79 Å². The molecule has 0 saturated carbocycles. The predicted molar refractivity (Wildman–Crippen MR) is 91.3 cm³/mol. The van der Waals surface area contributed by atoms with Crippen LogP contribution < -0.4 is 4.74 Å². The van der Waals surface area contributed by atoms with Crippen LogP contribution in [0.1, 0.15) is 29.3 Å². The smallest absolute Gasteiger partial charge is 0.338 e. The maximum atomic E-state index is 12.3. The number of nitrogens with zero attached hydrogens (tertiary/aromatic N) is 1. The van der Waals surface area contributed by atoms with Crippen molar-refractivity contribution >= 4 is 17.0 Å². The molecule has 1 aliphatic heterocycles. The predicted octanol–water partition coefficient (Wildman–Crippen LogP) is 3.73. The average molecular weight is 322 g/mol. The highest BCUT2D eigenvalue weighted by Crippen LogP contribution is 2.36. The van der Waals surface area contributed by atoms with Crippen molar-refractivity contribution in [2.45, 2.75) is 19.8 Å². The van der Waals surface area contributed by atoms with Crippen LogP contribution in [0.5, 0.6) is 5.75 Å². The fourth-order valence-corrected chi connectivity index (χ4v) is 3.11. The zero-order valence-corrected chi connectivity index (χ0v) is 13.5. The molecule has 3 aromatic rings. The number of carbonyl (C=O) groups excluding carboxylic acids is 1. The van der Waals surface area contributed by atoms with Gasteiger partial charge in [0.25, 0.3) is 0 Å². The number of esters is 1. The van der Waals surface area contributed by atoms with Crippen LogP contribution in [-0.2, 0) is 11.2 Å². The highest BCUT2D eigenvalue weighted by atomic mass is 16.5. The topological polar surface area (TPSA) is 64.2 Å². The molecule has 5 heteroatoms. The lowest BCUT2D eigenvalue weighted by Crippen LogP contribution is -2.15. The Morgan fingerprint density at radius 3 is 2.96 bits per heavy atom. The van der Waals surface area contributed by atoms with Gasteiger partial charge in [-0.1, -0.05) is 30.3 Å². The van der Waals surface area contributed by atoms with Gasteiger partial charge in [0.05, 0.1) is 24.3 Å². The van der Waals surface area contributed by atoms with Gasteiger partial charge in [-0.15, -0.1) is 0 Å². The summed E-state index contributed by atoms with van der Waals surface area (Å²) in [5.74, 6) is 1.17. The number of nitrogens with one attached hydrogen (secondary N) is 1. The first-order valence-electron chi connectivity index (χ1n) is 8.19. The summed E-state index contributed by atoms with van der Waals surface area (Å²) < 4.78 is 11.1. The van der Waals surface area contributed by atoms with E-state index in [-0.39, 0.29) is 5.97 Å². The number of carbonyl (C=O) groups is 1. The summed E-state index contributed by atoms with van der Waals surface area (Å²) in [4.78, 5) is 20.3. The van der Waals surface area contributed by atoms with E-state index in [1.165, 1.54) is 0 Å². The molecule has 0 amide bonds. The van der Waals surface area contributed by atoms with Crippen LogP contribution in [-0.4, -0.2) is 29.2 Å². The minimum Gasteiger partial charge on any atom is -0.491 e. The molecule has 24 heavy (non-hydrogen) atoms. The van der Waals surface area contributed by atoms with Gasteiger partial charge in [0.2, 0.25) is 0 Å². The second-order valence-electron chi connectivity index (χ2n) is 5.75. The van der Waals surface area contributed by atoms with E-state index in [1.807, 2.05) is 43.3 Å². The molecule has 0 unspecified atom stereocenters. The fourth-order valence-electron chi connectivity index (χ4n) is 3.11. The molecule has 2 heterocycles. The molecule has 0 spiro atoms. The van der Waals surface area contributed by atoms with E-state index < -0.39 is 0 Å². The Bertz CT molecular complexity index is 900. The largest absolute Gasteiger partial charge is 0.491 e. The number of ether oxygens (including phenoxy) is 2. The number of H-pyrrole nitrogens is 1. The monoisotopic (exact) mass is 322 g/mol. The molecule has 122 valence electrons. The lowest BCUT2D eigenvalue weighted by atomic mass is 9.98. The lowest BCUT2D eigenvalue weighted by Gasteiger charge is -2.20. The molecule has 0 radical (unpaired) electrons. The molecule has 2 aromatic carbocycles. The van der Waals surface area contributed by atoms with Gasteiger partial charge >= 0.3 is 5.97 Å². The molecule has 0 aliphatic carbocycles. The fraction of sp³-hybridized carbons (Fsp3) is 0.263. The molecule has 0 fully saturated rings. The van der Waals surface area contributed by atoms with Crippen LogP contribution in [0.3, 0.4) is 0 Å². The summed E-state index contributed by atoms with van der Waals surface area (Å²) in [5, 5.41) is 0. The number of fused-ring (bicyclic) bond motifs is 3. The Morgan fingerprint density at radius 2 is 2.17 bits per heavy atom. The zero-order valence-electron chi connectivity index (χ0n) is 13.5. The third-order valence-electron chi connectivity index (χ3n) is 4.19. The molecule has 1 N–H and O–H groups in total. The van der Waals surface area contributed by atoms with Crippen molar-refractivity contribution in [3.63, 3.8) is 0 Å². The van der Waals surface area contributed by atoms with Gasteiger partial charge < -0.3 is 14.5 Å². The van der Waals surface area contributed by atoms with E-state index in [0.717, 1.165) is 40.8 Å². The van der Waals surface area contributed by atoms with Gasteiger partial charge in [-0.05, 0) is 25.8 Å². The molecule has 5 nitrogen and oxygen atoms in total. The van der Waals surface area contributed by atoms with E-state index in [4.69, 9.17) is 14.5 Å². The minimum atomic E-state index is -0.308. The first kappa shape index (κ1) is 14.8. The van der Waals surface area contributed by atoms with Gasteiger partial charge in [-0.25, -0.2) is 9.78 Å². The van der Waals surface area contributed by atoms with Crippen LogP contribution in [0, 0.1) is 0 Å². The van der Waals surface area contributed by atoms with E-state index in [0.29, 0.717) is 24.5 Å². The second kappa shape index (κ2) is 6.00.